The Labute approximate surface area is 157 Å². The first-order valence-electron chi connectivity index (χ1n) is 9.04. The fourth-order valence-electron chi connectivity index (χ4n) is 5.96. The van der Waals surface area contributed by atoms with Gasteiger partial charge in [0, 0.05) is 18.9 Å². The molecule has 2 heterocycles. The Hall–Kier alpha value is -1.72. The zero-order valence-electron chi connectivity index (χ0n) is 15.1. The number of likely N-dealkylation sites (tertiary alicyclic amines) is 1. The lowest BCUT2D eigenvalue weighted by molar-refractivity contribution is -0.156. The van der Waals surface area contributed by atoms with E-state index in [0.29, 0.717) is 6.42 Å². The topological polar surface area (TPSA) is 48.0 Å². The minimum absolute atomic E-state index is 0.206. The van der Waals surface area contributed by atoms with Crippen LogP contribution in [0.1, 0.15) is 24.5 Å². The Morgan fingerprint density at radius 2 is 2.23 bits per heavy atom. The number of rotatable bonds is 2. The molecule has 2 aliphatic heterocycles. The van der Waals surface area contributed by atoms with Crippen LogP contribution in [0.4, 0.5) is 0 Å². The highest BCUT2D eigenvalue weighted by molar-refractivity contribution is 6.22. The minimum Gasteiger partial charge on any atom is -0.493 e. The van der Waals surface area contributed by atoms with Gasteiger partial charge in [-0.05, 0) is 31.6 Å². The fourth-order valence-corrected chi connectivity index (χ4v) is 6.30. The third-order valence-electron chi connectivity index (χ3n) is 6.82. The van der Waals surface area contributed by atoms with Crippen molar-refractivity contribution in [2.75, 3.05) is 20.7 Å². The largest absolute Gasteiger partial charge is 0.493 e. The van der Waals surface area contributed by atoms with E-state index in [2.05, 4.69) is 24.1 Å². The van der Waals surface area contributed by atoms with Crippen LogP contribution >= 0.6 is 11.6 Å². The average Bonchev–Trinajstić information content (AvgIpc) is 3.12. The number of benzene rings is 1. The monoisotopic (exact) mass is 375 g/mol. The summed E-state index contributed by atoms with van der Waals surface area (Å²) in [6.07, 6.45) is 5.26. The molecule has 1 spiro atoms. The third kappa shape index (κ3) is 1.65. The Morgan fingerprint density at radius 3 is 2.96 bits per heavy atom. The molecule has 5 rings (SSSR count). The predicted octanol–water partition coefficient (Wildman–Crippen LogP) is 2.43. The molecule has 0 amide bonds. The summed E-state index contributed by atoms with van der Waals surface area (Å²) >= 11 is 6.73. The molecule has 4 aliphatic rings. The van der Waals surface area contributed by atoms with Crippen LogP contribution in [0.25, 0.3) is 0 Å². The van der Waals surface area contributed by atoms with Gasteiger partial charge in [-0.2, -0.15) is 0 Å². The average molecular weight is 376 g/mol. The number of hydrogen-bond acceptors (Lipinski definition) is 5. The van der Waals surface area contributed by atoms with Crippen molar-refractivity contribution >= 4 is 17.6 Å². The molecule has 1 saturated heterocycles. The number of halogens is 1. The molecular weight excluding hydrogens is 354 g/mol. The van der Waals surface area contributed by atoms with Crippen LogP contribution in [0, 0.1) is 0 Å². The number of ether oxygens (including phenoxy) is 3. The molecule has 138 valence electrons. The maximum Gasteiger partial charge on any atom is 0.302 e. The second kappa shape index (κ2) is 5.17. The van der Waals surface area contributed by atoms with Crippen molar-refractivity contribution in [1.82, 2.24) is 4.90 Å². The van der Waals surface area contributed by atoms with Crippen LogP contribution < -0.4 is 9.47 Å². The van der Waals surface area contributed by atoms with E-state index in [1.54, 1.807) is 7.11 Å². The maximum atomic E-state index is 11.9. The Morgan fingerprint density at radius 1 is 1.42 bits per heavy atom. The summed E-state index contributed by atoms with van der Waals surface area (Å²) in [6, 6.07) is 4.02. The highest BCUT2D eigenvalue weighted by atomic mass is 35.5. The van der Waals surface area contributed by atoms with E-state index in [1.807, 2.05) is 12.1 Å². The molecule has 5 nitrogen and oxygen atoms in total. The van der Waals surface area contributed by atoms with Gasteiger partial charge in [-0.25, -0.2) is 0 Å². The molecule has 2 aliphatic carbocycles. The number of carbonyl (C=O) groups is 1. The molecule has 0 N–H and O–H groups in total. The lowest BCUT2D eigenvalue weighted by Gasteiger charge is -2.56. The van der Waals surface area contributed by atoms with E-state index >= 15 is 0 Å². The van der Waals surface area contributed by atoms with E-state index in [0.717, 1.165) is 24.5 Å². The van der Waals surface area contributed by atoms with Gasteiger partial charge in [-0.3, -0.25) is 9.69 Å². The van der Waals surface area contributed by atoms with Crippen LogP contribution in [0.5, 0.6) is 11.5 Å². The fraction of sp³-hybridized carbons (Fsp3) is 0.550. The highest BCUT2D eigenvalue weighted by Gasteiger charge is 2.74. The number of carbonyl (C=O) groups excluding carboxylic acids is 1. The van der Waals surface area contributed by atoms with Crippen LogP contribution in [-0.4, -0.2) is 54.7 Å². The predicted molar refractivity (Wildman–Crippen MR) is 97.1 cm³/mol. The normalized spacial score (nSPS) is 39.2. The number of nitrogens with zero attached hydrogens (tertiary/aromatic N) is 1. The first-order valence-corrected chi connectivity index (χ1v) is 9.48. The maximum absolute atomic E-state index is 11.9. The number of likely N-dealkylation sites (N-methyl/N-ethyl adjacent to an activating group) is 1. The van der Waals surface area contributed by atoms with Crippen molar-refractivity contribution in [3.05, 3.63) is 35.4 Å². The molecule has 26 heavy (non-hydrogen) atoms. The van der Waals surface area contributed by atoms with E-state index in [1.165, 1.54) is 18.1 Å². The summed E-state index contributed by atoms with van der Waals surface area (Å²) < 4.78 is 17.9. The van der Waals surface area contributed by atoms with Gasteiger partial charge in [-0.15, -0.1) is 11.6 Å². The molecule has 0 saturated carbocycles. The zero-order chi connectivity index (χ0) is 18.3. The molecule has 0 radical (unpaired) electrons. The second-order valence-electron chi connectivity index (χ2n) is 7.74. The van der Waals surface area contributed by atoms with Crippen LogP contribution in [0.3, 0.4) is 0 Å². The van der Waals surface area contributed by atoms with Gasteiger partial charge < -0.3 is 14.2 Å². The van der Waals surface area contributed by atoms with Crippen molar-refractivity contribution < 1.29 is 19.0 Å². The molecule has 1 aromatic rings. The van der Waals surface area contributed by atoms with Crippen molar-refractivity contribution in [3.8, 4) is 11.5 Å². The molecule has 1 aromatic carbocycles. The molecule has 0 aromatic heterocycles. The Kier molecular flexibility index (Phi) is 3.27. The number of alkyl halides is 1. The smallest absolute Gasteiger partial charge is 0.302 e. The molecule has 6 heteroatoms. The highest BCUT2D eigenvalue weighted by Crippen LogP contribution is 2.66. The number of methoxy groups -OCH3 is 1. The van der Waals surface area contributed by atoms with Gasteiger partial charge in [0.05, 0.1) is 23.4 Å². The van der Waals surface area contributed by atoms with E-state index < -0.39 is 5.54 Å². The standard InChI is InChI=1S/C20H22ClNO4/c1-11(23)25-15-10-12-4-5-14(24-3)17-16(12)19-8-9-22(2)20(15,19)7-6-13(21)18(19)26-17/h4-7,13,15,18H,8-10H2,1-3H3/t13-,15+,18+,19?,20?/m0/s1. The second-order valence-corrected chi connectivity index (χ2v) is 8.25. The lowest BCUT2D eigenvalue weighted by Crippen LogP contribution is -2.70. The van der Waals surface area contributed by atoms with E-state index in [-0.39, 0.29) is 29.0 Å². The van der Waals surface area contributed by atoms with Gasteiger partial charge in [-0.1, -0.05) is 18.2 Å². The number of hydrogen-bond donors (Lipinski definition) is 0. The van der Waals surface area contributed by atoms with Gasteiger partial charge in [0.1, 0.15) is 12.2 Å². The van der Waals surface area contributed by atoms with Gasteiger partial charge in [0.25, 0.3) is 0 Å². The first-order chi connectivity index (χ1) is 12.5. The quantitative estimate of drug-likeness (QED) is 0.451. The van der Waals surface area contributed by atoms with Crippen molar-refractivity contribution in [3.63, 3.8) is 0 Å². The van der Waals surface area contributed by atoms with Crippen LogP contribution in [0.15, 0.2) is 24.3 Å². The summed E-state index contributed by atoms with van der Waals surface area (Å²) in [7, 11) is 3.76. The summed E-state index contributed by atoms with van der Waals surface area (Å²) in [5.41, 5.74) is 1.59. The summed E-state index contributed by atoms with van der Waals surface area (Å²) in [5.74, 6) is 1.30. The molecular formula is C20H22ClNO4. The summed E-state index contributed by atoms with van der Waals surface area (Å²) in [6.45, 7) is 2.37. The summed E-state index contributed by atoms with van der Waals surface area (Å²) in [4.78, 5) is 14.2. The molecule has 1 fully saturated rings. The molecule has 0 bridgehead atoms. The Bertz CT molecular complexity index is 839. The van der Waals surface area contributed by atoms with E-state index in [9.17, 15) is 4.79 Å². The lowest BCUT2D eigenvalue weighted by atomic mass is 9.53. The van der Waals surface area contributed by atoms with Crippen molar-refractivity contribution in [1.29, 1.82) is 0 Å². The number of esters is 1. The van der Waals surface area contributed by atoms with Gasteiger partial charge in [0.15, 0.2) is 11.5 Å². The van der Waals surface area contributed by atoms with Crippen molar-refractivity contribution in [2.45, 2.75) is 48.3 Å². The van der Waals surface area contributed by atoms with Crippen molar-refractivity contribution in [2.24, 2.45) is 0 Å². The third-order valence-corrected chi connectivity index (χ3v) is 7.19. The summed E-state index contributed by atoms with van der Waals surface area (Å²) in [5, 5.41) is -0.240. The van der Waals surface area contributed by atoms with Gasteiger partial charge in [0.2, 0.25) is 0 Å². The van der Waals surface area contributed by atoms with Crippen LogP contribution in [-0.2, 0) is 21.4 Å². The van der Waals surface area contributed by atoms with E-state index in [4.69, 9.17) is 25.8 Å². The van der Waals surface area contributed by atoms with Gasteiger partial charge >= 0.3 is 5.97 Å². The SMILES string of the molecule is COc1ccc2c3c1O[C@@H]1[C@@H](Cl)C=CC4([C@H](OC(C)=O)C2)N(C)CCC314. The Balaban J connectivity index is 1.84. The molecule has 5 atom stereocenters. The molecule has 2 unspecified atom stereocenters. The zero-order valence-corrected chi connectivity index (χ0v) is 15.9. The minimum atomic E-state index is -0.445. The van der Waals surface area contributed by atoms with Crippen LogP contribution in [0.2, 0.25) is 0 Å². The first kappa shape index (κ1) is 16.5.